The third-order valence-corrected chi connectivity index (χ3v) is 0.736. The fraction of sp³-hybridized carbons (Fsp3) is 0.400. The molecule has 0 rings (SSSR count). The third-order valence-electron chi connectivity index (χ3n) is 0.736. The van der Waals surface area contributed by atoms with Crippen LogP contribution in [-0.2, 0) is 4.79 Å². The minimum atomic E-state index is -0.731. The van der Waals surface area contributed by atoms with Gasteiger partial charge in [0.15, 0.2) is 0 Å². The largest absolute Gasteiger partial charge is 0.350 e. The second-order valence-electron chi connectivity index (χ2n) is 1.69. The van der Waals surface area contributed by atoms with Crippen molar-refractivity contribution in [2.75, 3.05) is 0 Å². The number of hydrogen-bond acceptors (Lipinski definition) is 3. The average Bonchev–Trinajstić information content (AvgIpc) is 1.85. The summed E-state index contributed by atoms with van der Waals surface area (Å²) in [6, 6.07) is -0.731. The van der Waals surface area contributed by atoms with E-state index in [4.69, 9.17) is 5.73 Å². The molecule has 0 unspecified atom stereocenters. The molecular weight excluding hydrogens is 134 g/mol. The molecule has 0 fully saturated rings. The predicted molar refractivity (Wildman–Crippen MR) is 36.5 cm³/mol. The minimum absolute atomic E-state index is 0.209. The Morgan fingerprint density at radius 3 is 2.80 bits per heavy atom. The number of primary amides is 1. The number of nitrogens with one attached hydrogen (secondary N) is 1. The lowest BCUT2D eigenvalue weighted by Gasteiger charge is -1.93. The van der Waals surface area contributed by atoms with Crippen molar-refractivity contribution in [2.24, 2.45) is 10.8 Å². The standard InChI is InChI=1S/C5H9N3O2/c1-4(2-3-9)7-8-5(6)10/h3H,2H2,1H3,(H3,6,8,10). The van der Waals surface area contributed by atoms with E-state index in [0.717, 1.165) is 0 Å². The van der Waals surface area contributed by atoms with Gasteiger partial charge in [-0.3, -0.25) is 0 Å². The van der Waals surface area contributed by atoms with Gasteiger partial charge in [-0.25, -0.2) is 10.2 Å². The Morgan fingerprint density at radius 2 is 2.40 bits per heavy atom. The topological polar surface area (TPSA) is 84.6 Å². The van der Waals surface area contributed by atoms with Gasteiger partial charge in [-0.1, -0.05) is 0 Å². The van der Waals surface area contributed by atoms with Crippen molar-refractivity contribution >= 4 is 18.0 Å². The quantitative estimate of drug-likeness (QED) is 0.320. The smallest absolute Gasteiger partial charge is 0.332 e. The average molecular weight is 143 g/mol. The molecule has 0 aliphatic rings. The molecule has 0 aromatic rings. The van der Waals surface area contributed by atoms with Crippen LogP contribution in [0.15, 0.2) is 5.10 Å². The predicted octanol–water partition coefficient (Wildman–Crippen LogP) is -0.380. The highest BCUT2D eigenvalue weighted by atomic mass is 16.2. The number of amides is 2. The van der Waals surface area contributed by atoms with Crippen LogP contribution < -0.4 is 11.2 Å². The summed E-state index contributed by atoms with van der Waals surface area (Å²) in [5.41, 5.74) is 7.21. The van der Waals surface area contributed by atoms with Gasteiger partial charge in [0.2, 0.25) is 0 Å². The maximum atomic E-state index is 10.0. The number of urea groups is 1. The van der Waals surface area contributed by atoms with Crippen LogP contribution in [0.1, 0.15) is 13.3 Å². The van der Waals surface area contributed by atoms with Crippen molar-refractivity contribution in [1.82, 2.24) is 5.43 Å². The van der Waals surface area contributed by atoms with Crippen molar-refractivity contribution in [1.29, 1.82) is 0 Å². The van der Waals surface area contributed by atoms with Gasteiger partial charge in [0.05, 0.1) is 0 Å². The molecule has 2 amide bonds. The van der Waals surface area contributed by atoms with Gasteiger partial charge in [0.25, 0.3) is 0 Å². The van der Waals surface area contributed by atoms with Gasteiger partial charge >= 0.3 is 6.03 Å². The normalized spacial score (nSPS) is 10.7. The lowest BCUT2D eigenvalue weighted by Crippen LogP contribution is -2.25. The second-order valence-corrected chi connectivity index (χ2v) is 1.69. The van der Waals surface area contributed by atoms with Gasteiger partial charge in [0, 0.05) is 12.1 Å². The molecule has 0 aliphatic heterocycles. The van der Waals surface area contributed by atoms with Crippen LogP contribution in [0.3, 0.4) is 0 Å². The van der Waals surface area contributed by atoms with E-state index in [2.05, 4.69) is 5.10 Å². The van der Waals surface area contributed by atoms with Gasteiger partial charge < -0.3 is 10.5 Å². The fourth-order valence-corrected chi connectivity index (χ4v) is 0.317. The van der Waals surface area contributed by atoms with E-state index < -0.39 is 6.03 Å². The van der Waals surface area contributed by atoms with E-state index in [9.17, 15) is 9.59 Å². The number of nitrogens with two attached hydrogens (primary N) is 1. The van der Waals surface area contributed by atoms with Gasteiger partial charge in [0.1, 0.15) is 6.29 Å². The van der Waals surface area contributed by atoms with Crippen LogP contribution in [0.4, 0.5) is 4.79 Å². The first-order valence-electron chi connectivity index (χ1n) is 2.69. The first-order chi connectivity index (χ1) is 4.66. The Bertz CT molecular complexity index is 164. The Balaban J connectivity index is 3.67. The van der Waals surface area contributed by atoms with Crippen LogP contribution in [-0.4, -0.2) is 18.0 Å². The lowest BCUT2D eigenvalue weighted by atomic mass is 10.3. The number of aldehydes is 1. The molecule has 10 heavy (non-hydrogen) atoms. The highest BCUT2D eigenvalue weighted by Crippen LogP contribution is 1.78. The Hall–Kier alpha value is -1.39. The minimum Gasteiger partial charge on any atom is -0.350 e. The number of hydrogen-bond donors (Lipinski definition) is 2. The highest BCUT2D eigenvalue weighted by molar-refractivity contribution is 5.92. The molecule has 0 spiro atoms. The zero-order valence-corrected chi connectivity index (χ0v) is 5.63. The molecule has 0 aromatic carbocycles. The van der Waals surface area contributed by atoms with E-state index >= 15 is 0 Å². The number of nitrogens with zero attached hydrogens (tertiary/aromatic N) is 1. The summed E-state index contributed by atoms with van der Waals surface area (Å²) in [4.78, 5) is 19.9. The molecule has 0 saturated heterocycles. The molecule has 5 nitrogen and oxygen atoms in total. The molecule has 0 radical (unpaired) electrons. The van der Waals surface area contributed by atoms with E-state index in [1.807, 2.05) is 5.43 Å². The fourth-order valence-electron chi connectivity index (χ4n) is 0.317. The van der Waals surface area contributed by atoms with E-state index in [0.29, 0.717) is 12.0 Å². The Kier molecular flexibility index (Phi) is 3.86. The number of carbonyl (C=O) groups excluding carboxylic acids is 2. The van der Waals surface area contributed by atoms with Crippen LogP contribution >= 0.6 is 0 Å². The molecule has 0 saturated carbocycles. The van der Waals surface area contributed by atoms with Crippen molar-refractivity contribution in [3.63, 3.8) is 0 Å². The van der Waals surface area contributed by atoms with Crippen LogP contribution in [0.5, 0.6) is 0 Å². The first kappa shape index (κ1) is 8.61. The lowest BCUT2D eigenvalue weighted by molar-refractivity contribution is -0.106. The summed E-state index contributed by atoms with van der Waals surface area (Å²) < 4.78 is 0. The second kappa shape index (κ2) is 4.49. The number of rotatable bonds is 3. The number of hydrazone groups is 1. The molecule has 0 heterocycles. The van der Waals surface area contributed by atoms with Crippen molar-refractivity contribution in [3.8, 4) is 0 Å². The summed E-state index contributed by atoms with van der Waals surface area (Å²) in [5.74, 6) is 0. The zero-order valence-electron chi connectivity index (χ0n) is 5.63. The zero-order chi connectivity index (χ0) is 7.98. The summed E-state index contributed by atoms with van der Waals surface area (Å²) in [6.45, 7) is 1.62. The maximum Gasteiger partial charge on any atom is 0.332 e. The summed E-state index contributed by atoms with van der Waals surface area (Å²) in [7, 11) is 0. The van der Waals surface area contributed by atoms with E-state index in [-0.39, 0.29) is 6.42 Å². The van der Waals surface area contributed by atoms with Gasteiger partial charge in [-0.15, -0.1) is 0 Å². The molecule has 0 aromatic heterocycles. The maximum absolute atomic E-state index is 10.0. The van der Waals surface area contributed by atoms with Crippen molar-refractivity contribution < 1.29 is 9.59 Å². The molecule has 5 heteroatoms. The molecule has 3 N–H and O–H groups in total. The monoisotopic (exact) mass is 143 g/mol. The summed E-state index contributed by atoms with van der Waals surface area (Å²) >= 11 is 0. The molecule has 0 bridgehead atoms. The molecule has 56 valence electrons. The van der Waals surface area contributed by atoms with Gasteiger partial charge in [-0.05, 0) is 6.92 Å². The first-order valence-corrected chi connectivity index (χ1v) is 2.69. The van der Waals surface area contributed by atoms with Crippen molar-refractivity contribution in [3.05, 3.63) is 0 Å². The van der Waals surface area contributed by atoms with Gasteiger partial charge in [-0.2, -0.15) is 5.10 Å². The van der Waals surface area contributed by atoms with Crippen LogP contribution in [0.2, 0.25) is 0 Å². The van der Waals surface area contributed by atoms with Crippen LogP contribution in [0.25, 0.3) is 0 Å². The summed E-state index contributed by atoms with van der Waals surface area (Å²) in [6.07, 6.45) is 0.905. The number of carbonyl (C=O) groups is 2. The molecular formula is C5H9N3O2. The van der Waals surface area contributed by atoms with E-state index in [1.54, 1.807) is 6.92 Å². The Labute approximate surface area is 58.3 Å². The summed E-state index contributed by atoms with van der Waals surface area (Å²) in [5, 5.41) is 3.47. The van der Waals surface area contributed by atoms with E-state index in [1.165, 1.54) is 0 Å². The highest BCUT2D eigenvalue weighted by Gasteiger charge is 1.89. The third kappa shape index (κ3) is 4.76. The molecule has 0 atom stereocenters. The Morgan fingerprint density at radius 1 is 1.80 bits per heavy atom. The SMILES string of the molecule is CC(CC=O)=NNC(N)=O. The molecule has 0 aliphatic carbocycles. The van der Waals surface area contributed by atoms with Crippen LogP contribution in [0, 0.1) is 0 Å². The van der Waals surface area contributed by atoms with Crippen molar-refractivity contribution in [2.45, 2.75) is 13.3 Å².